The van der Waals surface area contributed by atoms with Crippen LogP contribution in [0.3, 0.4) is 0 Å². The number of rotatable bonds is 6. The van der Waals surface area contributed by atoms with Gasteiger partial charge in [0.15, 0.2) is 0 Å². The van der Waals surface area contributed by atoms with E-state index in [2.05, 4.69) is 46.4 Å². The van der Waals surface area contributed by atoms with E-state index < -0.39 is 0 Å². The van der Waals surface area contributed by atoms with Gasteiger partial charge in [0.05, 0.1) is 0 Å². The monoisotopic (exact) mass is 483 g/mol. The highest BCUT2D eigenvalue weighted by atomic mass is 15.3. The Balaban J connectivity index is 1.24. The first kappa shape index (κ1) is 26.6. The maximum Gasteiger partial charge on any atom is 0.0133 e. The zero-order chi connectivity index (χ0) is 24.7. The van der Waals surface area contributed by atoms with E-state index >= 15 is 0 Å². The molecule has 0 radical (unpaired) electrons. The van der Waals surface area contributed by atoms with Gasteiger partial charge in [-0.15, -0.1) is 0 Å². The Bertz CT molecular complexity index is 672. The minimum Gasteiger partial charge on any atom is -0.294 e. The quantitative estimate of drug-likeness (QED) is 0.363. The summed E-state index contributed by atoms with van der Waals surface area (Å²) in [5, 5.41) is 0. The average molecular weight is 484 g/mol. The van der Waals surface area contributed by atoms with Crippen LogP contribution in [0, 0.1) is 59.2 Å². The minimum absolute atomic E-state index is 0.797. The maximum atomic E-state index is 3.12. The Labute approximate surface area is 220 Å². The molecule has 1 aliphatic heterocycles. The molecule has 0 amide bonds. The van der Waals surface area contributed by atoms with Crippen molar-refractivity contribution in [1.82, 2.24) is 4.90 Å². The van der Waals surface area contributed by atoms with Crippen molar-refractivity contribution >= 4 is 0 Å². The zero-order valence-corrected chi connectivity index (χ0v) is 24.6. The summed E-state index contributed by atoms with van der Waals surface area (Å²) in [6.45, 7) is 15.1. The summed E-state index contributed by atoms with van der Waals surface area (Å²) in [4.78, 5) is 3.12. The molecule has 5 aliphatic rings. The molecule has 0 spiro atoms. The second-order valence-corrected chi connectivity index (χ2v) is 15.3. The van der Waals surface area contributed by atoms with Crippen molar-refractivity contribution in [3.63, 3.8) is 0 Å². The average Bonchev–Trinajstić information content (AvgIpc) is 3.16. The molecule has 0 aromatic heterocycles. The number of fused-ring (bicyclic) bond motifs is 3. The van der Waals surface area contributed by atoms with Crippen LogP contribution in [0.25, 0.3) is 0 Å². The van der Waals surface area contributed by atoms with Gasteiger partial charge in [0.1, 0.15) is 0 Å². The predicted molar refractivity (Wildman–Crippen MR) is 151 cm³/mol. The second-order valence-electron chi connectivity index (χ2n) is 15.3. The number of nitrogens with zero attached hydrogens (tertiary/aromatic N) is 1. The van der Waals surface area contributed by atoms with Crippen molar-refractivity contribution in [2.45, 2.75) is 156 Å². The number of likely N-dealkylation sites (tertiary alicyclic amines) is 1. The van der Waals surface area contributed by atoms with Crippen LogP contribution in [0.4, 0.5) is 0 Å². The van der Waals surface area contributed by atoms with Crippen molar-refractivity contribution in [3.05, 3.63) is 0 Å². The highest BCUT2D eigenvalue weighted by Crippen LogP contribution is 2.55. The van der Waals surface area contributed by atoms with E-state index in [0.29, 0.717) is 0 Å². The van der Waals surface area contributed by atoms with E-state index in [9.17, 15) is 0 Å². The van der Waals surface area contributed by atoms with Gasteiger partial charge in [-0.25, -0.2) is 0 Å². The van der Waals surface area contributed by atoms with Crippen molar-refractivity contribution in [1.29, 1.82) is 0 Å². The van der Waals surface area contributed by atoms with Gasteiger partial charge in [0, 0.05) is 18.1 Å². The lowest BCUT2D eigenvalue weighted by molar-refractivity contribution is 0.0703. The third-order valence-electron chi connectivity index (χ3n) is 13.0. The molecule has 13 atom stereocenters. The highest BCUT2D eigenvalue weighted by Gasteiger charge is 2.53. The van der Waals surface area contributed by atoms with Crippen molar-refractivity contribution in [2.24, 2.45) is 59.2 Å². The van der Waals surface area contributed by atoms with Gasteiger partial charge in [-0.1, -0.05) is 53.9 Å². The van der Waals surface area contributed by atoms with Crippen LogP contribution in [0.1, 0.15) is 138 Å². The normalized spacial score (nSPS) is 49.9. The molecule has 5 rings (SSSR count). The molecule has 0 N–H and O–H groups in total. The maximum absolute atomic E-state index is 3.12. The fourth-order valence-electron chi connectivity index (χ4n) is 10.6. The van der Waals surface area contributed by atoms with Crippen LogP contribution in [-0.4, -0.2) is 23.0 Å². The molecule has 35 heavy (non-hydrogen) atoms. The van der Waals surface area contributed by atoms with Crippen molar-refractivity contribution in [3.8, 4) is 0 Å². The summed E-state index contributed by atoms with van der Waals surface area (Å²) in [6.07, 6.45) is 22.8. The van der Waals surface area contributed by atoms with Crippen molar-refractivity contribution in [2.75, 3.05) is 0 Å². The van der Waals surface area contributed by atoms with Gasteiger partial charge in [-0.2, -0.15) is 0 Å². The first-order chi connectivity index (χ1) is 16.8. The van der Waals surface area contributed by atoms with Gasteiger partial charge in [0.25, 0.3) is 0 Å². The lowest BCUT2D eigenvalue weighted by atomic mass is 9.64. The van der Waals surface area contributed by atoms with E-state index in [1.54, 1.807) is 25.7 Å². The van der Waals surface area contributed by atoms with E-state index in [1.165, 1.54) is 70.6 Å². The fourth-order valence-corrected chi connectivity index (χ4v) is 10.6. The van der Waals surface area contributed by atoms with Crippen LogP contribution in [0.5, 0.6) is 0 Å². The molecule has 202 valence electrons. The van der Waals surface area contributed by atoms with Crippen LogP contribution in [-0.2, 0) is 0 Å². The second kappa shape index (κ2) is 11.4. The Morgan fingerprint density at radius 1 is 0.600 bits per heavy atom. The minimum atomic E-state index is 0.797. The van der Waals surface area contributed by atoms with Crippen molar-refractivity contribution < 1.29 is 0 Å². The fraction of sp³-hybridized carbons (Fsp3) is 1.00. The summed E-state index contributed by atoms with van der Waals surface area (Å²) in [6, 6.07) is 2.65. The van der Waals surface area contributed by atoms with Gasteiger partial charge < -0.3 is 0 Å². The Kier molecular flexibility index (Phi) is 8.63. The summed E-state index contributed by atoms with van der Waals surface area (Å²) < 4.78 is 0. The van der Waals surface area contributed by atoms with Crippen LogP contribution in [0.2, 0.25) is 0 Å². The first-order valence-corrected chi connectivity index (χ1v) is 16.6. The SMILES string of the molecule is CCC(C)N1C2CCC(CC3CCC(C)C(C)C3)CC2C2CC(CC3CCC(C)CC3C)CCC21. The molecule has 4 saturated carbocycles. The molecule has 0 aromatic rings. The highest BCUT2D eigenvalue weighted by molar-refractivity contribution is 5.06. The Morgan fingerprint density at radius 3 is 1.80 bits per heavy atom. The molecular weight excluding hydrogens is 422 g/mol. The molecule has 1 saturated heterocycles. The molecule has 4 aliphatic carbocycles. The molecule has 1 nitrogen and oxygen atoms in total. The molecule has 0 bridgehead atoms. The molecular formula is C34H61N. The molecule has 5 fully saturated rings. The van der Waals surface area contributed by atoms with Gasteiger partial charge in [-0.3, -0.25) is 4.90 Å². The van der Waals surface area contributed by atoms with Gasteiger partial charge in [0.2, 0.25) is 0 Å². The molecule has 0 aromatic carbocycles. The standard InChI is InChI=1S/C34H61N/c1-7-26(6)35-33-14-11-28(18-27-10-9-23(3)24(4)17-27)20-31(33)32-21-29(12-15-34(32)35)19-30-13-8-22(2)16-25(30)5/h22-34H,7-21H2,1-6H3. The van der Waals surface area contributed by atoms with Crippen LogP contribution < -0.4 is 0 Å². The Hall–Kier alpha value is -0.0400. The number of hydrogen-bond donors (Lipinski definition) is 0. The molecule has 1 heterocycles. The Morgan fingerprint density at radius 2 is 1.20 bits per heavy atom. The van der Waals surface area contributed by atoms with Gasteiger partial charge >= 0.3 is 0 Å². The first-order valence-electron chi connectivity index (χ1n) is 16.6. The number of hydrogen-bond acceptors (Lipinski definition) is 1. The molecule has 1 heteroatoms. The van der Waals surface area contributed by atoms with E-state index in [-0.39, 0.29) is 0 Å². The van der Waals surface area contributed by atoms with Gasteiger partial charge in [-0.05, 0) is 143 Å². The van der Waals surface area contributed by atoms with Crippen LogP contribution >= 0.6 is 0 Å². The van der Waals surface area contributed by atoms with Crippen LogP contribution in [0.15, 0.2) is 0 Å². The zero-order valence-electron chi connectivity index (χ0n) is 24.6. The summed E-state index contributed by atoms with van der Waals surface area (Å²) in [7, 11) is 0. The lowest BCUT2D eigenvalue weighted by Crippen LogP contribution is -2.46. The topological polar surface area (TPSA) is 3.24 Å². The van der Waals surface area contributed by atoms with E-state index in [4.69, 9.17) is 0 Å². The third kappa shape index (κ3) is 5.71. The smallest absolute Gasteiger partial charge is 0.0133 e. The predicted octanol–water partition coefficient (Wildman–Crippen LogP) is 9.60. The largest absolute Gasteiger partial charge is 0.294 e. The summed E-state index contributed by atoms with van der Waals surface area (Å²) in [5.74, 6) is 10.1. The van der Waals surface area contributed by atoms with E-state index in [1.807, 2.05) is 0 Å². The summed E-state index contributed by atoms with van der Waals surface area (Å²) in [5.41, 5.74) is 0. The molecule has 13 unspecified atom stereocenters. The third-order valence-corrected chi connectivity index (χ3v) is 13.0. The lowest BCUT2D eigenvalue weighted by Gasteiger charge is -2.42. The summed E-state index contributed by atoms with van der Waals surface area (Å²) >= 11 is 0. The van der Waals surface area contributed by atoms with E-state index in [0.717, 1.165) is 77.3 Å².